The van der Waals surface area contributed by atoms with Crippen molar-refractivity contribution in [2.75, 3.05) is 6.61 Å². The largest absolute Gasteiger partial charge is 0.535 e. The lowest BCUT2D eigenvalue weighted by molar-refractivity contribution is -0.119. The molecule has 0 saturated carbocycles. The summed E-state index contributed by atoms with van der Waals surface area (Å²) in [4.78, 5) is 37.0. The molecule has 1 atom stereocenters. The van der Waals surface area contributed by atoms with Crippen molar-refractivity contribution in [3.8, 4) is 5.75 Å². The molecule has 0 amide bonds. The van der Waals surface area contributed by atoms with E-state index in [1.807, 2.05) is 11.4 Å². The Morgan fingerprint density at radius 3 is 2.79 bits per heavy atom. The smallest absolute Gasteiger partial charge is 0.526 e. The summed E-state index contributed by atoms with van der Waals surface area (Å²) in [7, 11) is -1.19. The molecule has 0 fully saturated rings. The van der Waals surface area contributed by atoms with Crippen LogP contribution in [0.25, 0.3) is 0 Å². The molecule has 1 aromatic heterocycles. The quantitative estimate of drug-likeness (QED) is 0.415. The Bertz CT molecular complexity index is 864. The van der Waals surface area contributed by atoms with E-state index in [1.165, 1.54) is 11.3 Å². The number of carbonyl (C=O) groups excluding carboxylic acids is 3. The van der Waals surface area contributed by atoms with Crippen molar-refractivity contribution in [1.82, 2.24) is 0 Å². The number of thiophene rings is 1. The van der Waals surface area contributed by atoms with Crippen molar-refractivity contribution in [3.05, 3.63) is 51.7 Å². The SMILES string of the molecule is CCOC(=O)c1cccc2c1OB(O)[C@@H](CC(=O)CCC(=O)c1cccs1)C2. The second-order valence-corrected chi connectivity index (χ2v) is 7.58. The van der Waals surface area contributed by atoms with Crippen molar-refractivity contribution in [2.45, 2.75) is 38.4 Å². The number of para-hydroxylation sites is 1. The van der Waals surface area contributed by atoms with Crippen LogP contribution in [0.3, 0.4) is 0 Å². The summed E-state index contributed by atoms with van der Waals surface area (Å²) in [6.07, 6.45) is 0.818. The van der Waals surface area contributed by atoms with Gasteiger partial charge in [0, 0.05) is 25.1 Å². The van der Waals surface area contributed by atoms with E-state index in [0.717, 1.165) is 5.56 Å². The fourth-order valence-corrected chi connectivity index (χ4v) is 3.93. The molecule has 0 aliphatic carbocycles. The predicted molar refractivity (Wildman–Crippen MR) is 106 cm³/mol. The molecule has 1 aliphatic rings. The summed E-state index contributed by atoms with van der Waals surface area (Å²) in [6, 6.07) is 8.67. The van der Waals surface area contributed by atoms with Gasteiger partial charge in [0.1, 0.15) is 17.1 Å². The fourth-order valence-electron chi connectivity index (χ4n) is 3.24. The number of Topliss-reactive ketones (excluding diaryl/α,β-unsaturated/α-hetero) is 2. The molecular formula is C20H21BO6S. The number of esters is 1. The Labute approximate surface area is 167 Å². The molecule has 28 heavy (non-hydrogen) atoms. The van der Waals surface area contributed by atoms with Crippen LogP contribution in [0.2, 0.25) is 5.82 Å². The average Bonchev–Trinajstić information content (AvgIpc) is 3.21. The normalized spacial score (nSPS) is 15.5. The number of ketones is 2. The third-order valence-electron chi connectivity index (χ3n) is 4.63. The second kappa shape index (κ2) is 9.17. The highest BCUT2D eigenvalue weighted by atomic mass is 32.1. The van der Waals surface area contributed by atoms with E-state index >= 15 is 0 Å². The summed E-state index contributed by atoms with van der Waals surface area (Å²) in [6.45, 7) is 1.96. The van der Waals surface area contributed by atoms with Crippen molar-refractivity contribution < 1.29 is 28.8 Å². The number of hydrogen-bond donors (Lipinski definition) is 1. The summed E-state index contributed by atoms with van der Waals surface area (Å²) in [5.41, 5.74) is 1.02. The molecule has 1 N–H and O–H groups in total. The fraction of sp³-hybridized carbons (Fsp3) is 0.350. The summed E-state index contributed by atoms with van der Waals surface area (Å²) >= 11 is 1.36. The number of hydrogen-bond acceptors (Lipinski definition) is 7. The highest BCUT2D eigenvalue weighted by Crippen LogP contribution is 2.36. The van der Waals surface area contributed by atoms with Gasteiger partial charge in [-0.05, 0) is 36.4 Å². The molecule has 0 saturated heterocycles. The van der Waals surface area contributed by atoms with Gasteiger partial charge in [-0.3, -0.25) is 9.59 Å². The minimum atomic E-state index is -1.19. The topological polar surface area (TPSA) is 89.9 Å². The van der Waals surface area contributed by atoms with Crippen molar-refractivity contribution >= 4 is 36.0 Å². The predicted octanol–water partition coefficient (Wildman–Crippen LogP) is 3.33. The maximum Gasteiger partial charge on any atom is 0.526 e. The van der Waals surface area contributed by atoms with Crippen LogP contribution >= 0.6 is 11.3 Å². The van der Waals surface area contributed by atoms with Crippen molar-refractivity contribution in [3.63, 3.8) is 0 Å². The molecule has 0 unspecified atom stereocenters. The van der Waals surface area contributed by atoms with Crippen LogP contribution in [0, 0.1) is 0 Å². The first-order valence-corrected chi connectivity index (χ1v) is 10.1. The highest BCUT2D eigenvalue weighted by Gasteiger charge is 2.37. The van der Waals surface area contributed by atoms with Crippen LogP contribution in [0.4, 0.5) is 0 Å². The van der Waals surface area contributed by atoms with Gasteiger partial charge in [0.2, 0.25) is 0 Å². The van der Waals surface area contributed by atoms with E-state index in [2.05, 4.69) is 0 Å². The first kappa shape index (κ1) is 20.3. The lowest BCUT2D eigenvalue weighted by Gasteiger charge is -2.28. The van der Waals surface area contributed by atoms with E-state index in [-0.39, 0.29) is 43.0 Å². The first-order chi connectivity index (χ1) is 13.5. The zero-order valence-electron chi connectivity index (χ0n) is 15.6. The Morgan fingerprint density at radius 1 is 1.25 bits per heavy atom. The molecule has 146 valence electrons. The zero-order valence-corrected chi connectivity index (χ0v) is 16.4. The maximum atomic E-state index is 12.3. The number of benzene rings is 1. The second-order valence-electron chi connectivity index (χ2n) is 6.63. The van der Waals surface area contributed by atoms with Crippen LogP contribution in [0.15, 0.2) is 35.7 Å². The van der Waals surface area contributed by atoms with Crippen LogP contribution in [0.1, 0.15) is 51.8 Å². The van der Waals surface area contributed by atoms with Gasteiger partial charge in [-0.25, -0.2) is 4.79 Å². The third kappa shape index (κ3) is 4.69. The van der Waals surface area contributed by atoms with E-state index < -0.39 is 18.9 Å². The first-order valence-electron chi connectivity index (χ1n) is 9.21. The average molecular weight is 400 g/mol. The molecule has 0 spiro atoms. The number of fused-ring (bicyclic) bond motifs is 1. The highest BCUT2D eigenvalue weighted by molar-refractivity contribution is 7.12. The van der Waals surface area contributed by atoms with Gasteiger partial charge in [-0.1, -0.05) is 18.2 Å². The van der Waals surface area contributed by atoms with Crippen molar-refractivity contribution in [2.24, 2.45) is 0 Å². The Hall–Kier alpha value is -2.45. The molecule has 0 bridgehead atoms. The molecule has 6 nitrogen and oxygen atoms in total. The van der Waals surface area contributed by atoms with Crippen LogP contribution in [0.5, 0.6) is 5.75 Å². The molecular weight excluding hydrogens is 379 g/mol. The molecule has 2 heterocycles. The van der Waals surface area contributed by atoms with E-state index in [9.17, 15) is 19.4 Å². The van der Waals surface area contributed by atoms with E-state index in [4.69, 9.17) is 9.39 Å². The lowest BCUT2D eigenvalue weighted by Crippen LogP contribution is -2.36. The van der Waals surface area contributed by atoms with Gasteiger partial charge in [0.05, 0.1) is 11.5 Å². The number of ether oxygens (including phenoxy) is 1. The van der Waals surface area contributed by atoms with E-state index in [1.54, 1.807) is 31.2 Å². The molecule has 1 aromatic carbocycles. The van der Waals surface area contributed by atoms with Crippen LogP contribution in [-0.2, 0) is 16.0 Å². The van der Waals surface area contributed by atoms with Crippen LogP contribution in [-0.4, -0.2) is 36.3 Å². The molecule has 3 rings (SSSR count). The summed E-state index contributed by atoms with van der Waals surface area (Å²) in [5.74, 6) is -0.761. The Balaban J connectivity index is 1.61. The number of rotatable bonds is 8. The van der Waals surface area contributed by atoms with Gasteiger partial charge >= 0.3 is 13.1 Å². The Kier molecular flexibility index (Phi) is 6.64. The van der Waals surface area contributed by atoms with Gasteiger partial charge in [0.15, 0.2) is 5.78 Å². The van der Waals surface area contributed by atoms with Gasteiger partial charge < -0.3 is 14.4 Å². The Morgan fingerprint density at radius 2 is 2.07 bits per heavy atom. The third-order valence-corrected chi connectivity index (χ3v) is 5.54. The summed E-state index contributed by atoms with van der Waals surface area (Å²) in [5, 5.41) is 12.2. The molecule has 8 heteroatoms. The zero-order chi connectivity index (χ0) is 20.1. The van der Waals surface area contributed by atoms with Gasteiger partial charge in [-0.15, -0.1) is 11.3 Å². The maximum absolute atomic E-state index is 12.3. The lowest BCUT2D eigenvalue weighted by atomic mass is 9.64. The van der Waals surface area contributed by atoms with Crippen molar-refractivity contribution in [1.29, 1.82) is 0 Å². The summed E-state index contributed by atoms with van der Waals surface area (Å²) < 4.78 is 10.6. The van der Waals surface area contributed by atoms with E-state index in [0.29, 0.717) is 17.0 Å². The minimum Gasteiger partial charge on any atom is -0.535 e. The van der Waals surface area contributed by atoms with Gasteiger partial charge in [-0.2, -0.15) is 0 Å². The molecule has 0 radical (unpaired) electrons. The molecule has 2 aromatic rings. The standard InChI is InChI=1S/C20H21BO6S/c1-2-26-20(24)16-6-3-5-13-11-14(21(25)27-19(13)16)12-15(22)8-9-17(23)18-7-4-10-28-18/h3-7,10,14,25H,2,8-9,11-12H2,1H3/t14-/m1/s1. The van der Waals surface area contributed by atoms with Gasteiger partial charge in [0.25, 0.3) is 0 Å². The number of carbonyl (C=O) groups is 3. The molecule has 1 aliphatic heterocycles. The van der Waals surface area contributed by atoms with Crippen LogP contribution < -0.4 is 4.65 Å². The monoisotopic (exact) mass is 400 g/mol. The minimum absolute atomic E-state index is 0.0479.